The van der Waals surface area contributed by atoms with Gasteiger partial charge in [0, 0.05) is 19.2 Å². The number of ether oxygens (including phenoxy) is 1. The van der Waals surface area contributed by atoms with Crippen molar-refractivity contribution in [3.05, 3.63) is 34.4 Å². The van der Waals surface area contributed by atoms with E-state index in [0.29, 0.717) is 18.1 Å². The lowest BCUT2D eigenvalue weighted by Crippen LogP contribution is -2.30. The van der Waals surface area contributed by atoms with Crippen LogP contribution in [0, 0.1) is 26.7 Å². The van der Waals surface area contributed by atoms with Crippen LogP contribution in [-0.4, -0.2) is 19.3 Å². The fourth-order valence-electron chi connectivity index (χ4n) is 3.68. The predicted octanol–water partition coefficient (Wildman–Crippen LogP) is 4.08. The molecular formula is C18H29NO. The van der Waals surface area contributed by atoms with Crippen LogP contribution >= 0.6 is 0 Å². The first kappa shape index (κ1) is 15.5. The number of hydrogen-bond acceptors (Lipinski definition) is 2. The molecule has 20 heavy (non-hydrogen) atoms. The zero-order valence-corrected chi connectivity index (χ0v) is 13.6. The van der Waals surface area contributed by atoms with Gasteiger partial charge in [-0.05, 0) is 63.1 Å². The third-order valence-corrected chi connectivity index (χ3v) is 4.61. The largest absolute Gasteiger partial charge is 0.378 e. The van der Waals surface area contributed by atoms with Crippen molar-refractivity contribution in [2.45, 2.75) is 59.6 Å². The predicted molar refractivity (Wildman–Crippen MR) is 85.2 cm³/mol. The van der Waals surface area contributed by atoms with Crippen molar-refractivity contribution < 1.29 is 4.74 Å². The first-order valence-electron chi connectivity index (χ1n) is 7.95. The molecule has 2 rings (SSSR count). The summed E-state index contributed by atoms with van der Waals surface area (Å²) in [7, 11) is 0. The van der Waals surface area contributed by atoms with E-state index in [4.69, 9.17) is 4.74 Å². The van der Waals surface area contributed by atoms with Gasteiger partial charge in [-0.2, -0.15) is 0 Å². The second-order valence-corrected chi connectivity index (χ2v) is 6.31. The van der Waals surface area contributed by atoms with Crippen LogP contribution in [0.25, 0.3) is 0 Å². The summed E-state index contributed by atoms with van der Waals surface area (Å²) in [5.41, 5.74) is 5.61. The first-order chi connectivity index (χ1) is 9.52. The van der Waals surface area contributed by atoms with Crippen LogP contribution in [0.1, 0.15) is 55.0 Å². The lowest BCUT2D eigenvalue weighted by Gasteiger charge is -2.23. The lowest BCUT2D eigenvalue weighted by atomic mass is 9.93. The van der Waals surface area contributed by atoms with E-state index in [-0.39, 0.29) is 0 Å². The minimum absolute atomic E-state index is 0.411. The highest BCUT2D eigenvalue weighted by Gasteiger charge is 2.27. The Labute approximate surface area is 123 Å². The fraction of sp³-hybridized carbons (Fsp3) is 0.667. The van der Waals surface area contributed by atoms with Crippen molar-refractivity contribution >= 4 is 0 Å². The number of hydrogen-bond donors (Lipinski definition) is 1. The molecule has 1 N–H and O–H groups in total. The van der Waals surface area contributed by atoms with Crippen molar-refractivity contribution in [1.29, 1.82) is 0 Å². The maximum absolute atomic E-state index is 5.78. The normalized spacial score (nSPS) is 24.1. The summed E-state index contributed by atoms with van der Waals surface area (Å²) in [6, 6.07) is 4.98. The average molecular weight is 275 g/mol. The monoisotopic (exact) mass is 275 g/mol. The van der Waals surface area contributed by atoms with Crippen molar-refractivity contribution in [2.24, 2.45) is 5.92 Å². The van der Waals surface area contributed by atoms with Crippen LogP contribution in [0.5, 0.6) is 0 Å². The molecule has 0 amide bonds. The molecule has 1 aromatic rings. The van der Waals surface area contributed by atoms with Gasteiger partial charge in [-0.25, -0.2) is 0 Å². The van der Waals surface area contributed by atoms with Crippen molar-refractivity contribution in [3.63, 3.8) is 0 Å². The zero-order valence-electron chi connectivity index (χ0n) is 13.6. The molecular weight excluding hydrogens is 246 g/mol. The summed E-state index contributed by atoms with van der Waals surface area (Å²) >= 11 is 0. The van der Waals surface area contributed by atoms with Gasteiger partial charge in [-0.15, -0.1) is 0 Å². The minimum Gasteiger partial charge on any atom is -0.378 e. The summed E-state index contributed by atoms with van der Waals surface area (Å²) in [5, 5.41) is 3.73. The van der Waals surface area contributed by atoms with Crippen LogP contribution in [0.4, 0.5) is 0 Å². The molecule has 1 aliphatic rings. The highest BCUT2D eigenvalue weighted by atomic mass is 16.5. The Morgan fingerprint density at radius 1 is 1.25 bits per heavy atom. The Morgan fingerprint density at radius 3 is 2.50 bits per heavy atom. The minimum atomic E-state index is 0.411. The molecule has 1 saturated heterocycles. The summed E-state index contributed by atoms with van der Waals surface area (Å²) in [5.74, 6) is 0.675. The molecule has 1 aliphatic heterocycles. The molecule has 0 bridgehead atoms. The second kappa shape index (κ2) is 6.73. The molecule has 0 aromatic heterocycles. The molecule has 112 valence electrons. The van der Waals surface area contributed by atoms with Crippen molar-refractivity contribution in [1.82, 2.24) is 5.32 Å². The molecule has 2 nitrogen and oxygen atoms in total. The van der Waals surface area contributed by atoms with Crippen LogP contribution < -0.4 is 5.32 Å². The molecule has 2 heteroatoms. The Balaban J connectivity index is 2.00. The molecule has 0 spiro atoms. The molecule has 3 atom stereocenters. The van der Waals surface area contributed by atoms with Crippen LogP contribution in [0.15, 0.2) is 12.1 Å². The standard InChI is InChI=1S/C18H29NO/c1-6-17-16(7-8-20-17)11-19-15(5)18-13(3)9-12(2)10-14(18)4/h9-10,15-17,19H,6-8,11H2,1-5H3. The molecule has 1 aromatic carbocycles. The van der Waals surface area contributed by atoms with Gasteiger partial charge in [0.25, 0.3) is 0 Å². The molecule has 1 heterocycles. The summed E-state index contributed by atoms with van der Waals surface area (Å²) in [6.45, 7) is 13.1. The van der Waals surface area contributed by atoms with Crippen LogP contribution in [-0.2, 0) is 4.74 Å². The maximum atomic E-state index is 5.78. The van der Waals surface area contributed by atoms with Gasteiger partial charge in [0.05, 0.1) is 6.10 Å². The zero-order chi connectivity index (χ0) is 14.7. The first-order valence-corrected chi connectivity index (χ1v) is 7.95. The van der Waals surface area contributed by atoms with E-state index in [2.05, 4.69) is 52.1 Å². The van der Waals surface area contributed by atoms with E-state index in [1.807, 2.05) is 0 Å². The average Bonchev–Trinajstić information content (AvgIpc) is 2.82. The van der Waals surface area contributed by atoms with E-state index >= 15 is 0 Å². The number of nitrogens with one attached hydrogen (secondary N) is 1. The Kier molecular flexibility index (Phi) is 5.22. The SMILES string of the molecule is CCC1OCCC1CNC(C)c1c(C)cc(C)cc1C. The van der Waals surface area contributed by atoms with E-state index in [1.165, 1.54) is 28.7 Å². The molecule has 3 unspecified atom stereocenters. The van der Waals surface area contributed by atoms with Crippen LogP contribution in [0.3, 0.4) is 0 Å². The molecule has 0 saturated carbocycles. The molecule has 0 aliphatic carbocycles. The van der Waals surface area contributed by atoms with E-state index < -0.39 is 0 Å². The topological polar surface area (TPSA) is 21.3 Å². The maximum Gasteiger partial charge on any atom is 0.0613 e. The van der Waals surface area contributed by atoms with Gasteiger partial charge in [0.2, 0.25) is 0 Å². The highest BCUT2D eigenvalue weighted by molar-refractivity contribution is 5.39. The molecule has 1 fully saturated rings. The number of rotatable bonds is 5. The van der Waals surface area contributed by atoms with Crippen LogP contribution in [0.2, 0.25) is 0 Å². The van der Waals surface area contributed by atoms with Gasteiger partial charge in [-0.3, -0.25) is 0 Å². The smallest absolute Gasteiger partial charge is 0.0613 e. The van der Waals surface area contributed by atoms with Gasteiger partial charge < -0.3 is 10.1 Å². The van der Waals surface area contributed by atoms with Gasteiger partial charge in [0.1, 0.15) is 0 Å². The summed E-state index contributed by atoms with van der Waals surface area (Å²) in [4.78, 5) is 0. The van der Waals surface area contributed by atoms with Gasteiger partial charge in [-0.1, -0.05) is 24.6 Å². The number of aryl methyl sites for hydroxylation is 3. The quantitative estimate of drug-likeness (QED) is 0.874. The highest BCUT2D eigenvalue weighted by Crippen LogP contribution is 2.26. The Bertz CT molecular complexity index is 432. The van der Waals surface area contributed by atoms with E-state index in [1.54, 1.807) is 0 Å². The van der Waals surface area contributed by atoms with Gasteiger partial charge >= 0.3 is 0 Å². The van der Waals surface area contributed by atoms with Crippen molar-refractivity contribution in [2.75, 3.05) is 13.2 Å². The van der Waals surface area contributed by atoms with E-state index in [9.17, 15) is 0 Å². The lowest BCUT2D eigenvalue weighted by molar-refractivity contribution is 0.0867. The third kappa shape index (κ3) is 3.42. The summed E-state index contributed by atoms with van der Waals surface area (Å²) in [6.07, 6.45) is 2.78. The molecule has 0 radical (unpaired) electrons. The Morgan fingerprint density at radius 2 is 1.90 bits per heavy atom. The fourth-order valence-corrected chi connectivity index (χ4v) is 3.68. The van der Waals surface area contributed by atoms with Gasteiger partial charge in [0.15, 0.2) is 0 Å². The van der Waals surface area contributed by atoms with E-state index in [0.717, 1.165) is 19.6 Å². The Hall–Kier alpha value is -0.860. The third-order valence-electron chi connectivity index (χ3n) is 4.61. The van der Waals surface area contributed by atoms with Crippen molar-refractivity contribution in [3.8, 4) is 0 Å². The second-order valence-electron chi connectivity index (χ2n) is 6.31. The number of benzene rings is 1. The summed E-state index contributed by atoms with van der Waals surface area (Å²) < 4.78 is 5.78.